The van der Waals surface area contributed by atoms with Gasteiger partial charge in [0.2, 0.25) is 0 Å². The summed E-state index contributed by atoms with van der Waals surface area (Å²) in [6.45, 7) is 3.32. The minimum Gasteiger partial charge on any atom is -0.395 e. The van der Waals surface area contributed by atoms with Gasteiger partial charge in [0.25, 0.3) is 0 Å². The molecule has 0 saturated carbocycles. The molecule has 2 atom stereocenters. The normalized spacial score (nSPS) is 14.7. The van der Waals surface area contributed by atoms with E-state index in [0.29, 0.717) is 6.04 Å². The molecule has 0 aliphatic rings. The topological polar surface area (TPSA) is 32.3 Å². The summed E-state index contributed by atoms with van der Waals surface area (Å²) < 4.78 is 0. The number of nitrogens with one attached hydrogen (secondary N) is 1. The molecule has 1 aromatic carbocycles. The van der Waals surface area contributed by atoms with Crippen LogP contribution in [0.1, 0.15) is 12.5 Å². The molecule has 0 spiro atoms. The van der Waals surface area contributed by atoms with Crippen molar-refractivity contribution in [1.29, 1.82) is 0 Å². The van der Waals surface area contributed by atoms with Crippen molar-refractivity contribution < 1.29 is 5.11 Å². The second-order valence-corrected chi connectivity index (χ2v) is 5.01. The van der Waals surface area contributed by atoms with Gasteiger partial charge >= 0.3 is 0 Å². The van der Waals surface area contributed by atoms with Crippen LogP contribution in [0.2, 0.25) is 0 Å². The molecular formula is C13H21NOS. The molecule has 1 rings (SSSR count). The van der Waals surface area contributed by atoms with Gasteiger partial charge in [0.1, 0.15) is 0 Å². The van der Waals surface area contributed by atoms with Crippen molar-refractivity contribution in [2.75, 3.05) is 19.4 Å². The number of hydrogen-bond acceptors (Lipinski definition) is 3. The van der Waals surface area contributed by atoms with E-state index in [1.807, 2.05) is 12.3 Å². The van der Waals surface area contributed by atoms with Crippen molar-refractivity contribution in [3.63, 3.8) is 0 Å². The van der Waals surface area contributed by atoms with Gasteiger partial charge in [-0.2, -0.15) is 11.8 Å². The molecule has 0 fully saturated rings. The van der Waals surface area contributed by atoms with Crippen molar-refractivity contribution in [2.45, 2.75) is 24.6 Å². The first-order valence-corrected chi connectivity index (χ1v) is 6.97. The van der Waals surface area contributed by atoms with Crippen molar-refractivity contribution in [1.82, 2.24) is 5.32 Å². The van der Waals surface area contributed by atoms with Crippen molar-refractivity contribution >= 4 is 11.8 Å². The average molecular weight is 239 g/mol. The van der Waals surface area contributed by atoms with E-state index in [9.17, 15) is 0 Å². The number of hydrogen-bond donors (Lipinski definition) is 2. The van der Waals surface area contributed by atoms with Crippen molar-refractivity contribution in [3.8, 4) is 0 Å². The lowest BCUT2D eigenvalue weighted by Gasteiger charge is -2.21. The monoisotopic (exact) mass is 239 g/mol. The Hall–Kier alpha value is -0.510. The van der Waals surface area contributed by atoms with Gasteiger partial charge in [0.15, 0.2) is 0 Å². The molecule has 2 nitrogen and oxygen atoms in total. The molecule has 90 valence electrons. The highest BCUT2D eigenvalue weighted by atomic mass is 32.2. The Morgan fingerprint density at radius 1 is 1.31 bits per heavy atom. The lowest BCUT2D eigenvalue weighted by molar-refractivity contribution is 0.276. The summed E-state index contributed by atoms with van der Waals surface area (Å²) in [6, 6.07) is 10.8. The fourth-order valence-electron chi connectivity index (χ4n) is 1.66. The third kappa shape index (κ3) is 4.56. The van der Waals surface area contributed by atoms with Gasteiger partial charge in [-0.15, -0.1) is 0 Å². The molecule has 0 radical (unpaired) electrons. The van der Waals surface area contributed by atoms with Crippen LogP contribution in [0.4, 0.5) is 0 Å². The van der Waals surface area contributed by atoms with Crippen LogP contribution < -0.4 is 5.32 Å². The zero-order chi connectivity index (χ0) is 11.8. The summed E-state index contributed by atoms with van der Waals surface area (Å²) in [7, 11) is 0. The van der Waals surface area contributed by atoms with E-state index in [1.165, 1.54) is 5.56 Å². The molecule has 2 N–H and O–H groups in total. The van der Waals surface area contributed by atoms with E-state index in [0.717, 1.165) is 13.0 Å². The predicted molar refractivity (Wildman–Crippen MR) is 72.0 cm³/mol. The van der Waals surface area contributed by atoms with Gasteiger partial charge < -0.3 is 10.4 Å². The van der Waals surface area contributed by atoms with Crippen LogP contribution in [0.15, 0.2) is 30.3 Å². The first-order valence-electron chi connectivity index (χ1n) is 5.69. The summed E-state index contributed by atoms with van der Waals surface area (Å²) in [4.78, 5) is 0. The SMILES string of the molecule is CSC(CO)C(C)NCCc1ccccc1. The maximum Gasteiger partial charge on any atom is 0.0564 e. The minimum atomic E-state index is 0.237. The predicted octanol–water partition coefficient (Wildman–Crippen LogP) is 1.93. The van der Waals surface area contributed by atoms with E-state index in [2.05, 4.69) is 36.5 Å². The largest absolute Gasteiger partial charge is 0.395 e. The molecule has 0 aromatic heterocycles. The Balaban J connectivity index is 2.25. The zero-order valence-electron chi connectivity index (χ0n) is 10.0. The summed E-state index contributed by atoms with van der Waals surface area (Å²) in [6.07, 6.45) is 3.08. The molecule has 16 heavy (non-hydrogen) atoms. The van der Waals surface area contributed by atoms with Gasteiger partial charge in [-0.05, 0) is 31.7 Å². The second-order valence-electron chi connectivity index (χ2n) is 3.94. The van der Waals surface area contributed by atoms with E-state index < -0.39 is 0 Å². The summed E-state index contributed by atoms with van der Waals surface area (Å²) in [5, 5.41) is 12.9. The Labute approximate surface area is 102 Å². The highest BCUT2D eigenvalue weighted by molar-refractivity contribution is 7.99. The third-order valence-electron chi connectivity index (χ3n) is 2.76. The maximum atomic E-state index is 9.15. The first-order chi connectivity index (χ1) is 7.77. The number of benzene rings is 1. The van der Waals surface area contributed by atoms with Crippen LogP contribution >= 0.6 is 11.8 Å². The lowest BCUT2D eigenvalue weighted by atomic mass is 10.1. The molecule has 0 saturated heterocycles. The molecule has 0 heterocycles. The Morgan fingerprint density at radius 2 is 2.00 bits per heavy atom. The third-order valence-corrected chi connectivity index (χ3v) is 3.93. The van der Waals surface area contributed by atoms with E-state index >= 15 is 0 Å². The van der Waals surface area contributed by atoms with Crippen LogP contribution in [0.25, 0.3) is 0 Å². The number of aliphatic hydroxyl groups is 1. The molecule has 0 aliphatic carbocycles. The minimum absolute atomic E-state index is 0.237. The Morgan fingerprint density at radius 3 is 2.56 bits per heavy atom. The lowest BCUT2D eigenvalue weighted by Crippen LogP contribution is -2.38. The zero-order valence-corrected chi connectivity index (χ0v) is 10.8. The van der Waals surface area contributed by atoms with Crippen molar-refractivity contribution in [2.24, 2.45) is 0 Å². The summed E-state index contributed by atoms with van der Waals surface area (Å²) >= 11 is 1.71. The van der Waals surface area contributed by atoms with Gasteiger partial charge in [0.05, 0.1) is 6.61 Å². The van der Waals surface area contributed by atoms with E-state index in [1.54, 1.807) is 11.8 Å². The fourth-order valence-corrected chi connectivity index (χ4v) is 2.31. The van der Waals surface area contributed by atoms with Gasteiger partial charge in [-0.1, -0.05) is 30.3 Å². The van der Waals surface area contributed by atoms with Crippen LogP contribution in [0.3, 0.4) is 0 Å². The van der Waals surface area contributed by atoms with E-state index in [-0.39, 0.29) is 11.9 Å². The van der Waals surface area contributed by atoms with Crippen LogP contribution in [0, 0.1) is 0 Å². The first kappa shape index (κ1) is 13.6. The van der Waals surface area contributed by atoms with Gasteiger partial charge in [0, 0.05) is 11.3 Å². The molecule has 2 unspecified atom stereocenters. The average Bonchev–Trinajstić information content (AvgIpc) is 2.32. The molecule has 0 bridgehead atoms. The molecular weight excluding hydrogens is 218 g/mol. The highest BCUT2D eigenvalue weighted by Gasteiger charge is 2.13. The van der Waals surface area contributed by atoms with Gasteiger partial charge in [-0.25, -0.2) is 0 Å². The standard InChI is InChI=1S/C13H21NOS/c1-11(13(10-15)16-2)14-9-8-12-6-4-3-5-7-12/h3-7,11,13-15H,8-10H2,1-2H3. The van der Waals surface area contributed by atoms with Crippen LogP contribution in [-0.2, 0) is 6.42 Å². The number of aliphatic hydroxyl groups excluding tert-OH is 1. The second kappa shape index (κ2) is 7.71. The van der Waals surface area contributed by atoms with Crippen molar-refractivity contribution in [3.05, 3.63) is 35.9 Å². The summed E-state index contributed by atoms with van der Waals surface area (Å²) in [5.74, 6) is 0. The van der Waals surface area contributed by atoms with Crippen LogP contribution in [-0.4, -0.2) is 35.8 Å². The Kier molecular flexibility index (Phi) is 6.53. The molecule has 0 aliphatic heterocycles. The highest BCUT2D eigenvalue weighted by Crippen LogP contribution is 2.10. The maximum absolute atomic E-state index is 9.15. The quantitative estimate of drug-likeness (QED) is 0.762. The summed E-state index contributed by atoms with van der Waals surface area (Å²) in [5.41, 5.74) is 1.35. The van der Waals surface area contributed by atoms with Crippen LogP contribution in [0.5, 0.6) is 0 Å². The number of rotatable bonds is 7. The molecule has 0 amide bonds. The smallest absolute Gasteiger partial charge is 0.0564 e. The molecule has 3 heteroatoms. The molecule has 1 aromatic rings. The number of thioether (sulfide) groups is 1. The van der Waals surface area contributed by atoms with Gasteiger partial charge in [-0.3, -0.25) is 0 Å². The Bertz CT molecular complexity index is 275. The van der Waals surface area contributed by atoms with E-state index in [4.69, 9.17) is 5.11 Å². The fraction of sp³-hybridized carbons (Fsp3) is 0.538.